The summed E-state index contributed by atoms with van der Waals surface area (Å²) < 4.78 is 11.0. The fourth-order valence-corrected chi connectivity index (χ4v) is 5.80. The maximum absolute atomic E-state index is 14.3. The molecule has 2 aliphatic rings. The summed E-state index contributed by atoms with van der Waals surface area (Å²) in [5.74, 6) is 1.23. The Labute approximate surface area is 281 Å². The van der Waals surface area contributed by atoms with Crippen LogP contribution in [-0.2, 0) is 19.7 Å². The fraction of sp³-hybridized carbons (Fsp3) is 0.636. The number of halogens is 2. The normalized spacial score (nSPS) is 20.2. The molecule has 0 bridgehead atoms. The highest BCUT2D eigenvalue weighted by atomic mass is 35.5. The van der Waals surface area contributed by atoms with E-state index in [1.807, 2.05) is 28.0 Å². The standard InChI is InChI=1S/C33H50N6O4.2ClH/c1-23(2)21-39(31(41)27-20-36-32(33(3,4)5)37-29(27)35-13-10-15-42-6)26-17-25(18-34-19-26)30(40)38-14-16-43-22-28(38)24-11-8-7-9-12-24;;/h7-9,11-12,20,23,25-26,28,34H,10,13-19,21-22H2,1-6H3,(H,35,36,37);2*1H/t25-,26+,28?;;/m1../s1. The molecule has 252 valence electrons. The minimum absolute atomic E-state index is 0. The second-order valence-corrected chi connectivity index (χ2v) is 13.1. The summed E-state index contributed by atoms with van der Waals surface area (Å²) in [7, 11) is 1.68. The lowest BCUT2D eigenvalue weighted by Gasteiger charge is -2.42. The van der Waals surface area contributed by atoms with Gasteiger partial charge >= 0.3 is 0 Å². The van der Waals surface area contributed by atoms with Crippen molar-refractivity contribution >= 4 is 42.4 Å². The number of carbonyl (C=O) groups excluding carboxylic acids is 2. The SMILES string of the molecule is COCCCNc1nc(C(C)(C)C)ncc1C(=O)N(CC(C)C)[C@@H]1CNC[C@H](C(=O)N2CCOCC2c2ccccc2)C1.Cl.Cl. The van der Waals surface area contributed by atoms with Crippen molar-refractivity contribution < 1.29 is 19.1 Å². The van der Waals surface area contributed by atoms with Crippen LogP contribution in [0.25, 0.3) is 0 Å². The minimum atomic E-state index is -0.264. The minimum Gasteiger partial charge on any atom is -0.385 e. The summed E-state index contributed by atoms with van der Waals surface area (Å²) in [6, 6.07) is 9.84. The number of ether oxygens (including phenoxy) is 2. The van der Waals surface area contributed by atoms with Crippen molar-refractivity contribution in [2.45, 2.75) is 65.0 Å². The van der Waals surface area contributed by atoms with E-state index in [1.165, 1.54) is 0 Å². The van der Waals surface area contributed by atoms with Gasteiger partial charge in [-0.2, -0.15) is 0 Å². The van der Waals surface area contributed by atoms with E-state index in [4.69, 9.17) is 14.5 Å². The van der Waals surface area contributed by atoms with Crippen molar-refractivity contribution in [2.75, 3.05) is 65.0 Å². The first kappa shape index (κ1) is 38.7. The molecule has 0 saturated carbocycles. The Balaban J connectivity index is 0.00000353. The van der Waals surface area contributed by atoms with Gasteiger partial charge in [0, 0.05) is 64.1 Å². The Morgan fingerprint density at radius 3 is 2.58 bits per heavy atom. The van der Waals surface area contributed by atoms with Crippen LogP contribution in [0.4, 0.5) is 5.82 Å². The Hall–Kier alpha value is -2.50. The maximum Gasteiger partial charge on any atom is 0.259 e. The van der Waals surface area contributed by atoms with Gasteiger partial charge in [-0.25, -0.2) is 9.97 Å². The molecule has 3 atom stereocenters. The van der Waals surface area contributed by atoms with Crippen LogP contribution < -0.4 is 10.6 Å². The quantitative estimate of drug-likeness (QED) is 0.331. The van der Waals surface area contributed by atoms with Crippen LogP contribution in [0.15, 0.2) is 36.5 Å². The van der Waals surface area contributed by atoms with Gasteiger partial charge in [0.15, 0.2) is 0 Å². The number of morpholine rings is 1. The molecule has 2 aliphatic heterocycles. The molecule has 3 heterocycles. The molecule has 45 heavy (non-hydrogen) atoms. The molecule has 2 N–H and O–H groups in total. The van der Waals surface area contributed by atoms with Gasteiger partial charge in [-0.15, -0.1) is 24.8 Å². The number of rotatable bonds is 11. The lowest BCUT2D eigenvalue weighted by Crippen LogP contribution is -2.56. The van der Waals surface area contributed by atoms with Gasteiger partial charge in [-0.05, 0) is 24.3 Å². The average molecular weight is 668 g/mol. The van der Waals surface area contributed by atoms with Crippen molar-refractivity contribution in [1.82, 2.24) is 25.1 Å². The topological polar surface area (TPSA) is 109 Å². The summed E-state index contributed by atoms with van der Waals surface area (Å²) in [6.45, 7) is 15.0. The second kappa shape index (κ2) is 18.0. The molecule has 1 aromatic heterocycles. The Morgan fingerprint density at radius 1 is 1.18 bits per heavy atom. The van der Waals surface area contributed by atoms with Crippen LogP contribution in [0.1, 0.15) is 75.2 Å². The smallest absolute Gasteiger partial charge is 0.259 e. The number of nitrogens with one attached hydrogen (secondary N) is 2. The molecule has 2 amide bonds. The van der Waals surface area contributed by atoms with Crippen molar-refractivity contribution in [3.63, 3.8) is 0 Å². The number of carbonyl (C=O) groups is 2. The molecule has 0 aliphatic carbocycles. The summed E-state index contributed by atoms with van der Waals surface area (Å²) in [5.41, 5.74) is 1.27. The van der Waals surface area contributed by atoms with Gasteiger partial charge in [0.25, 0.3) is 5.91 Å². The van der Waals surface area contributed by atoms with Gasteiger partial charge in [-0.3, -0.25) is 9.59 Å². The largest absolute Gasteiger partial charge is 0.385 e. The lowest BCUT2D eigenvalue weighted by atomic mass is 9.91. The van der Waals surface area contributed by atoms with Crippen molar-refractivity contribution in [3.05, 3.63) is 53.5 Å². The van der Waals surface area contributed by atoms with Crippen molar-refractivity contribution in [2.24, 2.45) is 11.8 Å². The number of piperidine rings is 1. The third kappa shape index (κ3) is 10.2. The zero-order valence-electron chi connectivity index (χ0n) is 27.6. The summed E-state index contributed by atoms with van der Waals surface area (Å²) in [5, 5.41) is 6.85. The molecule has 4 rings (SSSR count). The van der Waals surface area contributed by atoms with Crippen molar-refractivity contribution in [1.29, 1.82) is 0 Å². The molecule has 0 radical (unpaired) electrons. The average Bonchev–Trinajstić information content (AvgIpc) is 3.01. The molecule has 2 aromatic rings. The Morgan fingerprint density at radius 2 is 1.91 bits per heavy atom. The van der Waals surface area contributed by atoms with E-state index in [2.05, 4.69) is 62.4 Å². The number of nitrogens with zero attached hydrogens (tertiary/aromatic N) is 4. The highest BCUT2D eigenvalue weighted by molar-refractivity contribution is 5.98. The number of methoxy groups -OCH3 is 1. The van der Waals surface area contributed by atoms with Crippen LogP contribution in [0, 0.1) is 11.8 Å². The van der Waals surface area contributed by atoms with E-state index < -0.39 is 0 Å². The van der Waals surface area contributed by atoms with E-state index >= 15 is 0 Å². The Bertz CT molecular complexity index is 1210. The van der Waals surface area contributed by atoms with E-state index in [-0.39, 0.29) is 66.0 Å². The first-order valence-corrected chi connectivity index (χ1v) is 15.6. The molecule has 0 spiro atoms. The predicted octanol–water partition coefficient (Wildman–Crippen LogP) is 4.74. The highest BCUT2D eigenvalue weighted by Gasteiger charge is 2.38. The third-order valence-electron chi connectivity index (χ3n) is 8.04. The van der Waals surface area contributed by atoms with Crippen LogP contribution in [-0.4, -0.2) is 97.3 Å². The van der Waals surface area contributed by atoms with E-state index in [0.717, 1.165) is 12.0 Å². The van der Waals surface area contributed by atoms with Gasteiger partial charge < -0.3 is 29.9 Å². The van der Waals surface area contributed by atoms with Gasteiger partial charge in [0.2, 0.25) is 5.91 Å². The monoisotopic (exact) mass is 666 g/mol. The van der Waals surface area contributed by atoms with Gasteiger partial charge in [0.1, 0.15) is 17.2 Å². The van der Waals surface area contributed by atoms with E-state index in [9.17, 15) is 9.59 Å². The number of anilines is 1. The van der Waals surface area contributed by atoms with Gasteiger partial charge in [-0.1, -0.05) is 65.0 Å². The molecule has 1 unspecified atom stereocenters. The Kier molecular flexibility index (Phi) is 15.5. The number of hydrogen-bond acceptors (Lipinski definition) is 8. The molecular weight excluding hydrogens is 615 g/mol. The molecule has 1 aromatic carbocycles. The summed E-state index contributed by atoms with van der Waals surface area (Å²) in [6.07, 6.45) is 3.05. The molecule has 12 heteroatoms. The first-order chi connectivity index (χ1) is 20.6. The van der Waals surface area contributed by atoms with Crippen LogP contribution in [0.2, 0.25) is 0 Å². The number of hydrogen-bond donors (Lipinski definition) is 2. The number of amides is 2. The number of aromatic nitrogens is 2. The molecular formula is C33H52Cl2N6O4. The van der Waals surface area contributed by atoms with Crippen LogP contribution in [0.3, 0.4) is 0 Å². The summed E-state index contributed by atoms with van der Waals surface area (Å²) >= 11 is 0. The van der Waals surface area contributed by atoms with E-state index in [1.54, 1.807) is 13.3 Å². The van der Waals surface area contributed by atoms with Crippen LogP contribution in [0.5, 0.6) is 0 Å². The first-order valence-electron chi connectivity index (χ1n) is 15.6. The zero-order valence-corrected chi connectivity index (χ0v) is 29.2. The molecule has 10 nitrogen and oxygen atoms in total. The van der Waals surface area contributed by atoms with Crippen LogP contribution >= 0.6 is 24.8 Å². The summed E-state index contributed by atoms with van der Waals surface area (Å²) in [4.78, 5) is 41.6. The van der Waals surface area contributed by atoms with E-state index in [0.29, 0.717) is 76.2 Å². The third-order valence-corrected chi connectivity index (χ3v) is 8.04. The number of benzene rings is 1. The zero-order chi connectivity index (χ0) is 31.0. The second-order valence-electron chi connectivity index (χ2n) is 13.1. The van der Waals surface area contributed by atoms with Crippen molar-refractivity contribution in [3.8, 4) is 0 Å². The highest BCUT2D eigenvalue weighted by Crippen LogP contribution is 2.30. The van der Waals surface area contributed by atoms with Gasteiger partial charge in [0.05, 0.1) is 25.2 Å². The predicted molar refractivity (Wildman–Crippen MR) is 183 cm³/mol. The maximum atomic E-state index is 14.3. The lowest BCUT2D eigenvalue weighted by molar-refractivity contribution is -0.145. The molecule has 2 saturated heterocycles. The molecule has 2 fully saturated rings. The fourth-order valence-electron chi connectivity index (χ4n) is 5.80.